The van der Waals surface area contributed by atoms with Gasteiger partial charge >= 0.3 is 12.1 Å². The third kappa shape index (κ3) is 2.78. The number of amides is 1. The first-order chi connectivity index (χ1) is 8.68. The lowest BCUT2D eigenvalue weighted by Gasteiger charge is -2.16. The molecule has 1 aromatic carbocycles. The number of benzene rings is 1. The molecular weight excluding hydrogens is 238 g/mol. The number of hydrogen-bond donors (Lipinski definition) is 1. The molecule has 0 saturated carbocycles. The molecule has 6 nitrogen and oxygen atoms in total. The average molecular weight is 251 g/mol. The molecule has 1 unspecified atom stereocenters. The van der Waals surface area contributed by atoms with Crippen LogP contribution >= 0.6 is 0 Å². The van der Waals surface area contributed by atoms with Gasteiger partial charge in [-0.3, -0.25) is 4.90 Å². The minimum absolute atomic E-state index is 0.0000274. The Hall–Kier alpha value is -2.08. The van der Waals surface area contributed by atoms with Gasteiger partial charge in [0.05, 0.1) is 13.2 Å². The second-order valence-electron chi connectivity index (χ2n) is 3.86. The van der Waals surface area contributed by atoms with Gasteiger partial charge in [-0.2, -0.15) is 0 Å². The van der Waals surface area contributed by atoms with E-state index in [9.17, 15) is 9.59 Å². The van der Waals surface area contributed by atoms with Crippen LogP contribution in [0, 0.1) is 0 Å². The van der Waals surface area contributed by atoms with Crippen LogP contribution in [0.15, 0.2) is 30.3 Å². The third-order valence-electron chi connectivity index (χ3n) is 2.63. The van der Waals surface area contributed by atoms with E-state index in [1.165, 1.54) is 0 Å². The summed E-state index contributed by atoms with van der Waals surface area (Å²) in [5, 5.41) is 8.86. The fourth-order valence-corrected chi connectivity index (χ4v) is 1.66. The third-order valence-corrected chi connectivity index (χ3v) is 2.63. The summed E-state index contributed by atoms with van der Waals surface area (Å²) < 4.78 is 10.0. The van der Waals surface area contributed by atoms with Crippen LogP contribution in [0.4, 0.5) is 4.79 Å². The van der Waals surface area contributed by atoms with Crippen molar-refractivity contribution in [2.24, 2.45) is 0 Å². The van der Waals surface area contributed by atoms with Crippen LogP contribution in [-0.4, -0.2) is 41.4 Å². The average Bonchev–Trinajstić information content (AvgIpc) is 2.73. The molecule has 1 saturated heterocycles. The van der Waals surface area contributed by atoms with Gasteiger partial charge < -0.3 is 14.6 Å². The highest BCUT2D eigenvalue weighted by molar-refractivity contribution is 5.83. The quantitative estimate of drug-likeness (QED) is 0.810. The van der Waals surface area contributed by atoms with Crippen LogP contribution in [0.3, 0.4) is 0 Å². The molecule has 18 heavy (non-hydrogen) atoms. The van der Waals surface area contributed by atoms with Crippen molar-refractivity contribution in [3.8, 4) is 0 Å². The zero-order valence-corrected chi connectivity index (χ0v) is 9.61. The second-order valence-corrected chi connectivity index (χ2v) is 3.86. The number of nitrogens with zero attached hydrogens (tertiary/aromatic N) is 1. The number of hydrogen-bond acceptors (Lipinski definition) is 4. The highest BCUT2D eigenvalue weighted by Gasteiger charge is 2.37. The highest BCUT2D eigenvalue weighted by Crippen LogP contribution is 2.12. The summed E-state index contributed by atoms with van der Waals surface area (Å²) in [4.78, 5) is 23.1. The molecular formula is C12H13NO5. The first kappa shape index (κ1) is 12.4. The minimum Gasteiger partial charge on any atom is -0.465 e. The molecule has 0 bridgehead atoms. The van der Waals surface area contributed by atoms with Gasteiger partial charge in [0.25, 0.3) is 0 Å². The van der Waals surface area contributed by atoms with Gasteiger partial charge in [0.15, 0.2) is 12.8 Å². The summed E-state index contributed by atoms with van der Waals surface area (Å²) in [7, 11) is 0. The molecule has 0 spiro atoms. The highest BCUT2D eigenvalue weighted by atomic mass is 16.6. The topological polar surface area (TPSA) is 76.1 Å². The summed E-state index contributed by atoms with van der Waals surface area (Å²) in [5.41, 5.74) is 0.964. The molecule has 0 radical (unpaired) electrons. The van der Waals surface area contributed by atoms with Gasteiger partial charge in [-0.25, -0.2) is 9.59 Å². The number of carbonyl (C=O) groups excluding carboxylic acids is 1. The fraction of sp³-hybridized carbons (Fsp3) is 0.333. The Kier molecular flexibility index (Phi) is 3.78. The van der Waals surface area contributed by atoms with Crippen molar-refractivity contribution >= 4 is 12.1 Å². The molecule has 0 aliphatic carbocycles. The minimum atomic E-state index is -1.19. The van der Waals surface area contributed by atoms with Crippen molar-refractivity contribution in [3.63, 3.8) is 0 Å². The molecule has 1 aromatic rings. The van der Waals surface area contributed by atoms with Gasteiger partial charge in [-0.1, -0.05) is 30.3 Å². The predicted octanol–water partition coefficient (Wildman–Crippen LogP) is 1.07. The molecule has 96 valence electrons. The van der Waals surface area contributed by atoms with E-state index in [0.29, 0.717) is 6.61 Å². The van der Waals surface area contributed by atoms with E-state index in [0.717, 1.165) is 10.5 Å². The molecule has 1 fully saturated rings. The normalized spacial score (nSPS) is 18.8. The standard InChI is InChI=1S/C12H13NO5/c14-11-10(13(8-18-11)12(15)16)7-17-6-9-4-2-1-3-5-9/h1-5,10H,6-8H2,(H,15,16). The Balaban J connectivity index is 1.85. The molecule has 6 heteroatoms. The van der Waals surface area contributed by atoms with Crippen LogP contribution in [-0.2, 0) is 20.9 Å². The maximum Gasteiger partial charge on any atom is 0.410 e. The number of esters is 1. The van der Waals surface area contributed by atoms with Gasteiger partial charge in [0, 0.05) is 0 Å². The summed E-state index contributed by atoms with van der Waals surface area (Å²) in [6, 6.07) is 8.57. The Labute approximate surface area is 104 Å². The number of ether oxygens (including phenoxy) is 2. The van der Waals surface area contributed by atoms with Gasteiger partial charge in [-0.15, -0.1) is 0 Å². The molecule has 1 aliphatic rings. The van der Waals surface area contributed by atoms with Crippen LogP contribution in [0.5, 0.6) is 0 Å². The SMILES string of the molecule is O=C1OCN(C(=O)O)C1COCc1ccccc1. The lowest BCUT2D eigenvalue weighted by atomic mass is 10.2. The first-order valence-corrected chi connectivity index (χ1v) is 5.46. The maximum absolute atomic E-state index is 11.3. The zero-order valence-electron chi connectivity index (χ0n) is 9.61. The largest absolute Gasteiger partial charge is 0.465 e. The number of carbonyl (C=O) groups is 2. The van der Waals surface area contributed by atoms with Crippen molar-refractivity contribution in [1.82, 2.24) is 4.90 Å². The summed E-state index contributed by atoms with van der Waals surface area (Å²) in [6.07, 6.45) is -1.19. The Bertz CT molecular complexity index is 433. The first-order valence-electron chi connectivity index (χ1n) is 5.46. The van der Waals surface area contributed by atoms with Gasteiger partial charge in [0.1, 0.15) is 0 Å². The Morgan fingerprint density at radius 3 is 2.83 bits per heavy atom. The smallest absolute Gasteiger partial charge is 0.410 e. The van der Waals surface area contributed by atoms with E-state index in [-0.39, 0.29) is 13.3 Å². The second kappa shape index (κ2) is 5.50. The van der Waals surface area contributed by atoms with Crippen molar-refractivity contribution in [1.29, 1.82) is 0 Å². The maximum atomic E-state index is 11.3. The Morgan fingerprint density at radius 2 is 2.17 bits per heavy atom. The van der Waals surface area contributed by atoms with Gasteiger partial charge in [0.2, 0.25) is 0 Å². The van der Waals surface area contributed by atoms with E-state index >= 15 is 0 Å². The van der Waals surface area contributed by atoms with Crippen LogP contribution in [0.25, 0.3) is 0 Å². The number of carboxylic acid groups (broad SMARTS) is 1. The molecule has 1 aliphatic heterocycles. The summed E-state index contributed by atoms with van der Waals surface area (Å²) in [6.45, 7) is 0.103. The number of cyclic esters (lactones) is 1. The van der Waals surface area contributed by atoms with Crippen LogP contribution < -0.4 is 0 Å². The fourth-order valence-electron chi connectivity index (χ4n) is 1.66. The zero-order chi connectivity index (χ0) is 13.0. The molecule has 1 heterocycles. The summed E-state index contributed by atoms with van der Waals surface area (Å²) in [5.74, 6) is -0.564. The summed E-state index contributed by atoms with van der Waals surface area (Å²) >= 11 is 0. The molecule has 0 aromatic heterocycles. The Morgan fingerprint density at radius 1 is 1.44 bits per heavy atom. The predicted molar refractivity (Wildman–Crippen MR) is 60.7 cm³/mol. The van der Waals surface area contributed by atoms with E-state index < -0.39 is 18.1 Å². The van der Waals surface area contributed by atoms with Crippen LogP contribution in [0.1, 0.15) is 5.56 Å². The van der Waals surface area contributed by atoms with Crippen molar-refractivity contribution < 1.29 is 24.2 Å². The van der Waals surface area contributed by atoms with E-state index in [4.69, 9.17) is 9.84 Å². The van der Waals surface area contributed by atoms with Crippen LogP contribution in [0.2, 0.25) is 0 Å². The molecule has 1 amide bonds. The van der Waals surface area contributed by atoms with E-state index in [1.807, 2.05) is 30.3 Å². The molecule has 2 rings (SSSR count). The van der Waals surface area contributed by atoms with E-state index in [1.54, 1.807) is 0 Å². The van der Waals surface area contributed by atoms with Crippen molar-refractivity contribution in [3.05, 3.63) is 35.9 Å². The lowest BCUT2D eigenvalue weighted by molar-refractivity contribution is -0.140. The molecule has 1 N–H and O–H groups in total. The lowest BCUT2D eigenvalue weighted by Crippen LogP contribution is -2.40. The van der Waals surface area contributed by atoms with Gasteiger partial charge in [-0.05, 0) is 5.56 Å². The monoisotopic (exact) mass is 251 g/mol. The van der Waals surface area contributed by atoms with E-state index in [2.05, 4.69) is 4.74 Å². The number of rotatable bonds is 4. The van der Waals surface area contributed by atoms with Crippen molar-refractivity contribution in [2.45, 2.75) is 12.6 Å². The van der Waals surface area contributed by atoms with Crippen molar-refractivity contribution in [2.75, 3.05) is 13.3 Å². The molecule has 1 atom stereocenters.